The molecule has 0 aromatic carbocycles. The van der Waals surface area contributed by atoms with Gasteiger partial charge >= 0.3 is 0 Å². The second kappa shape index (κ2) is 7.11. The minimum absolute atomic E-state index is 0.117. The molecular formula is C19H20N8. The molecule has 3 aromatic heterocycles. The van der Waals surface area contributed by atoms with E-state index in [1.54, 1.807) is 25.7 Å². The van der Waals surface area contributed by atoms with Gasteiger partial charge in [0.15, 0.2) is 0 Å². The fourth-order valence-electron chi connectivity index (χ4n) is 3.37. The molecule has 3 aromatic rings. The van der Waals surface area contributed by atoms with E-state index >= 15 is 0 Å². The molecule has 8 heteroatoms. The molecule has 0 saturated heterocycles. The van der Waals surface area contributed by atoms with Crippen molar-refractivity contribution in [1.29, 1.82) is 10.7 Å². The Morgan fingerprint density at radius 3 is 3.04 bits per heavy atom. The van der Waals surface area contributed by atoms with E-state index in [0.29, 0.717) is 23.9 Å². The van der Waals surface area contributed by atoms with Crippen LogP contribution in [0, 0.1) is 22.7 Å². The third kappa shape index (κ3) is 3.24. The molecule has 0 spiro atoms. The summed E-state index contributed by atoms with van der Waals surface area (Å²) in [6.07, 6.45) is 13.1. The quantitative estimate of drug-likeness (QED) is 0.653. The zero-order valence-corrected chi connectivity index (χ0v) is 15.0. The van der Waals surface area contributed by atoms with Crippen molar-refractivity contribution < 1.29 is 0 Å². The van der Waals surface area contributed by atoms with Crippen LogP contribution in [0.4, 0.5) is 0 Å². The first kappa shape index (κ1) is 17.1. The Morgan fingerprint density at radius 2 is 2.33 bits per heavy atom. The Labute approximate surface area is 156 Å². The Morgan fingerprint density at radius 1 is 1.48 bits per heavy atom. The van der Waals surface area contributed by atoms with Crippen molar-refractivity contribution in [2.75, 3.05) is 7.05 Å². The van der Waals surface area contributed by atoms with Gasteiger partial charge in [-0.3, -0.25) is 14.1 Å². The van der Waals surface area contributed by atoms with Gasteiger partial charge in [-0.2, -0.15) is 10.4 Å². The molecule has 0 aliphatic heterocycles. The van der Waals surface area contributed by atoms with Gasteiger partial charge in [-0.05, 0) is 18.8 Å². The number of nitrogens with one attached hydrogen (secondary N) is 1. The van der Waals surface area contributed by atoms with Crippen molar-refractivity contribution >= 4 is 18.1 Å². The summed E-state index contributed by atoms with van der Waals surface area (Å²) in [5.41, 5.74) is 2.34. The largest absolute Gasteiger partial charge is 0.312 e. The molecule has 2 unspecified atom stereocenters. The number of imidazole rings is 1. The standard InChI is InChI=1S/C19H20N8/c1-22-10-14(9-21)16-8-18-23-6-7-26(18)19(25-16)15-11-24-27(12-15)17(4-5-20)13-2-3-13/h6-14,17,21H,2-4H2,1H3. The molecule has 1 aliphatic rings. The zero-order chi connectivity index (χ0) is 18.8. The molecule has 27 heavy (non-hydrogen) atoms. The van der Waals surface area contributed by atoms with Gasteiger partial charge < -0.3 is 5.41 Å². The lowest BCUT2D eigenvalue weighted by Gasteiger charge is -2.13. The summed E-state index contributed by atoms with van der Waals surface area (Å²) < 4.78 is 3.81. The summed E-state index contributed by atoms with van der Waals surface area (Å²) in [7, 11) is 1.68. The van der Waals surface area contributed by atoms with E-state index in [4.69, 9.17) is 15.7 Å². The van der Waals surface area contributed by atoms with Gasteiger partial charge in [0.25, 0.3) is 0 Å². The van der Waals surface area contributed by atoms with Gasteiger partial charge in [-0.15, -0.1) is 0 Å². The number of nitriles is 1. The van der Waals surface area contributed by atoms with Gasteiger partial charge in [0, 0.05) is 44.1 Å². The van der Waals surface area contributed by atoms with Crippen LogP contribution in [0.5, 0.6) is 0 Å². The van der Waals surface area contributed by atoms with Gasteiger partial charge in [0.1, 0.15) is 11.5 Å². The molecule has 2 atom stereocenters. The van der Waals surface area contributed by atoms with Crippen molar-refractivity contribution in [3.05, 3.63) is 36.5 Å². The average Bonchev–Trinajstić information content (AvgIpc) is 3.20. The lowest BCUT2D eigenvalue weighted by atomic mass is 10.1. The number of aromatic nitrogens is 5. The van der Waals surface area contributed by atoms with Crippen molar-refractivity contribution in [2.45, 2.75) is 31.2 Å². The molecule has 136 valence electrons. The fraction of sp³-hybridized carbons (Fsp3) is 0.368. The molecule has 0 radical (unpaired) electrons. The molecule has 4 rings (SSSR count). The summed E-state index contributed by atoms with van der Waals surface area (Å²) in [4.78, 5) is 13.2. The highest BCUT2D eigenvalue weighted by Crippen LogP contribution is 2.41. The normalized spacial score (nSPS) is 16.4. The molecule has 1 saturated carbocycles. The predicted octanol–water partition coefficient (Wildman–Crippen LogP) is 2.89. The number of nitrogens with zero attached hydrogens (tertiary/aromatic N) is 7. The Bertz CT molecular complexity index is 1030. The number of hydrogen-bond acceptors (Lipinski definition) is 6. The molecule has 3 heterocycles. The van der Waals surface area contributed by atoms with Crippen LogP contribution in [0.2, 0.25) is 0 Å². The van der Waals surface area contributed by atoms with Crippen LogP contribution in [0.15, 0.2) is 35.8 Å². The van der Waals surface area contributed by atoms with E-state index in [1.165, 1.54) is 6.21 Å². The number of aliphatic imine (C=N–C) groups is 1. The van der Waals surface area contributed by atoms with E-state index in [0.717, 1.165) is 24.1 Å². The molecule has 1 aliphatic carbocycles. The second-order valence-electron chi connectivity index (χ2n) is 6.74. The van der Waals surface area contributed by atoms with E-state index in [1.807, 2.05) is 27.5 Å². The maximum atomic E-state index is 9.14. The smallest absolute Gasteiger partial charge is 0.149 e. The summed E-state index contributed by atoms with van der Waals surface area (Å²) >= 11 is 0. The summed E-state index contributed by atoms with van der Waals surface area (Å²) in [5.74, 6) is 0.949. The van der Waals surface area contributed by atoms with Crippen LogP contribution in [-0.4, -0.2) is 43.6 Å². The molecule has 1 N–H and O–H groups in total. The van der Waals surface area contributed by atoms with E-state index < -0.39 is 0 Å². The third-order valence-electron chi connectivity index (χ3n) is 4.91. The number of fused-ring (bicyclic) bond motifs is 1. The summed E-state index contributed by atoms with van der Waals surface area (Å²) in [5, 5.41) is 21.3. The zero-order valence-electron chi connectivity index (χ0n) is 15.0. The molecule has 0 amide bonds. The third-order valence-corrected chi connectivity index (χ3v) is 4.91. The first-order valence-corrected chi connectivity index (χ1v) is 8.93. The molecule has 8 nitrogen and oxygen atoms in total. The summed E-state index contributed by atoms with van der Waals surface area (Å²) in [6, 6.07) is 4.26. The van der Waals surface area contributed by atoms with Gasteiger partial charge in [0.05, 0.1) is 41.9 Å². The van der Waals surface area contributed by atoms with Gasteiger partial charge in [0.2, 0.25) is 0 Å². The second-order valence-corrected chi connectivity index (χ2v) is 6.74. The maximum Gasteiger partial charge on any atom is 0.149 e. The van der Waals surface area contributed by atoms with E-state index in [2.05, 4.69) is 21.1 Å². The SMILES string of the molecule is CN=CC(C=N)c1cc2nccn2c(-c2cnn(C(CC#N)C3CC3)c2)n1. The van der Waals surface area contributed by atoms with Crippen LogP contribution in [-0.2, 0) is 0 Å². The van der Waals surface area contributed by atoms with Crippen LogP contribution < -0.4 is 0 Å². The highest BCUT2D eigenvalue weighted by atomic mass is 15.3. The van der Waals surface area contributed by atoms with Gasteiger partial charge in [-0.1, -0.05) is 0 Å². The number of hydrogen-bond donors (Lipinski definition) is 1. The monoisotopic (exact) mass is 360 g/mol. The first-order chi connectivity index (χ1) is 13.2. The topological polar surface area (TPSA) is 108 Å². The Balaban J connectivity index is 1.78. The Hall–Kier alpha value is -3.34. The van der Waals surface area contributed by atoms with Crippen LogP contribution in [0.25, 0.3) is 17.0 Å². The van der Waals surface area contributed by atoms with Crippen LogP contribution in [0.3, 0.4) is 0 Å². The lowest BCUT2D eigenvalue weighted by molar-refractivity contribution is 0.412. The maximum absolute atomic E-state index is 9.14. The minimum Gasteiger partial charge on any atom is -0.312 e. The van der Waals surface area contributed by atoms with Gasteiger partial charge in [-0.25, -0.2) is 9.97 Å². The summed E-state index contributed by atoms with van der Waals surface area (Å²) in [6.45, 7) is 0. The fourth-order valence-corrected chi connectivity index (χ4v) is 3.37. The average molecular weight is 360 g/mol. The molecular weight excluding hydrogens is 340 g/mol. The van der Waals surface area contributed by atoms with E-state index in [-0.39, 0.29) is 12.0 Å². The van der Waals surface area contributed by atoms with Crippen LogP contribution in [0.1, 0.15) is 36.9 Å². The molecule has 1 fully saturated rings. The van der Waals surface area contributed by atoms with E-state index in [9.17, 15) is 0 Å². The molecule has 0 bridgehead atoms. The lowest BCUT2D eigenvalue weighted by Crippen LogP contribution is -2.11. The predicted molar refractivity (Wildman–Crippen MR) is 102 cm³/mol. The Kier molecular flexibility index (Phi) is 4.50. The minimum atomic E-state index is -0.303. The number of rotatable bonds is 7. The van der Waals surface area contributed by atoms with Crippen molar-refractivity contribution in [3.63, 3.8) is 0 Å². The van der Waals surface area contributed by atoms with Crippen LogP contribution >= 0.6 is 0 Å². The van der Waals surface area contributed by atoms with Crippen molar-refractivity contribution in [1.82, 2.24) is 24.1 Å². The van der Waals surface area contributed by atoms with Crippen molar-refractivity contribution in [2.24, 2.45) is 10.9 Å². The highest BCUT2D eigenvalue weighted by Gasteiger charge is 2.33. The highest BCUT2D eigenvalue weighted by molar-refractivity contribution is 5.88. The first-order valence-electron chi connectivity index (χ1n) is 8.93. The van der Waals surface area contributed by atoms with Crippen molar-refractivity contribution in [3.8, 4) is 17.5 Å².